The maximum Gasteiger partial charge on any atom is 0.345 e. The molecule has 0 bridgehead atoms. The van der Waals surface area contributed by atoms with Gasteiger partial charge in [-0.25, -0.2) is 0 Å². The SMILES string of the molecule is C[C@]1(C(=O)[C@H](Cc2ccccc2)NC(=O)[C@@H](CC(=O)[C@H](COC(F)F)NC(=O)[C@H](CCc2ccccc2)CC(=O)CN2CCOCC2)Cc2ccccc2)CO1. The van der Waals surface area contributed by atoms with Crippen LogP contribution in [-0.4, -0.2) is 104 Å². The fraction of sp³-hybridized carbons (Fsp3) is 0.465. The summed E-state index contributed by atoms with van der Waals surface area (Å²) in [4.78, 5) is 70.9. The van der Waals surface area contributed by atoms with Gasteiger partial charge in [0.2, 0.25) is 11.8 Å². The van der Waals surface area contributed by atoms with Crippen LogP contribution in [0.4, 0.5) is 8.78 Å². The molecule has 0 radical (unpaired) electrons. The van der Waals surface area contributed by atoms with Gasteiger partial charge in [-0.1, -0.05) is 91.0 Å². The van der Waals surface area contributed by atoms with Crippen molar-refractivity contribution in [3.63, 3.8) is 0 Å². The molecule has 2 amide bonds. The second-order valence-electron chi connectivity index (χ2n) is 14.7. The van der Waals surface area contributed by atoms with Crippen LogP contribution in [0.25, 0.3) is 0 Å². The van der Waals surface area contributed by atoms with Gasteiger partial charge < -0.3 is 24.8 Å². The highest BCUT2D eigenvalue weighted by molar-refractivity contribution is 5.98. The van der Waals surface area contributed by atoms with E-state index in [0.717, 1.165) is 16.7 Å². The van der Waals surface area contributed by atoms with E-state index in [1.165, 1.54) is 0 Å². The van der Waals surface area contributed by atoms with Crippen LogP contribution in [-0.2, 0) is 57.4 Å². The molecule has 2 fully saturated rings. The largest absolute Gasteiger partial charge is 0.379 e. The Balaban J connectivity index is 1.34. The summed E-state index contributed by atoms with van der Waals surface area (Å²) in [7, 11) is 0. The van der Waals surface area contributed by atoms with E-state index in [0.29, 0.717) is 32.7 Å². The normalized spacial score (nSPS) is 19.0. The first-order valence-corrected chi connectivity index (χ1v) is 19.1. The summed E-state index contributed by atoms with van der Waals surface area (Å²) in [5, 5.41) is 5.47. The first-order valence-electron chi connectivity index (χ1n) is 19.1. The molecule has 2 aliphatic heterocycles. The number of rotatable bonds is 23. The number of hydrogen-bond donors (Lipinski definition) is 2. The third-order valence-corrected chi connectivity index (χ3v) is 10.2. The first-order chi connectivity index (χ1) is 27.0. The molecule has 0 aliphatic carbocycles. The summed E-state index contributed by atoms with van der Waals surface area (Å²) in [6.45, 7) is 0.0931. The van der Waals surface area contributed by atoms with E-state index >= 15 is 0 Å². The van der Waals surface area contributed by atoms with E-state index in [2.05, 4.69) is 15.4 Å². The minimum Gasteiger partial charge on any atom is -0.379 e. The lowest BCUT2D eigenvalue weighted by Gasteiger charge is -2.27. The van der Waals surface area contributed by atoms with Gasteiger partial charge in [-0.2, -0.15) is 8.78 Å². The number of halogens is 2. The lowest BCUT2D eigenvalue weighted by atomic mass is 9.89. The van der Waals surface area contributed by atoms with Crippen LogP contribution in [0.5, 0.6) is 0 Å². The van der Waals surface area contributed by atoms with E-state index in [9.17, 15) is 32.8 Å². The van der Waals surface area contributed by atoms with Crippen molar-refractivity contribution in [2.75, 3.05) is 46.1 Å². The molecule has 0 aromatic heterocycles. The minimum absolute atomic E-state index is 0.0878. The van der Waals surface area contributed by atoms with Crippen molar-refractivity contribution in [3.8, 4) is 0 Å². The van der Waals surface area contributed by atoms with E-state index < -0.39 is 66.8 Å². The molecule has 2 aliphatic rings. The van der Waals surface area contributed by atoms with Crippen molar-refractivity contribution in [2.24, 2.45) is 11.8 Å². The van der Waals surface area contributed by atoms with E-state index in [1.807, 2.05) is 71.6 Å². The standard InChI is InChI=1S/C43H51F2N3O8/c1-43(29-56-43)39(51)36(24-32-15-9-4-10-16-32)46-41(53)34(23-31-13-7-3-8-14-31)26-38(50)37(28-55-42(44)45)47-40(52)33(18-17-30-11-5-2-6-12-30)25-35(49)27-48-19-21-54-22-20-48/h2-16,33-34,36-37,42H,17-29H2,1H3,(H,46,53)(H,47,52)/t33-,34-,36+,37+,43-/m1/s1. The summed E-state index contributed by atoms with van der Waals surface area (Å²) in [6.07, 6.45) is 0.423. The Hall–Kier alpha value is -4.69. The predicted molar refractivity (Wildman–Crippen MR) is 204 cm³/mol. The summed E-state index contributed by atoms with van der Waals surface area (Å²) in [5.74, 6) is -4.34. The van der Waals surface area contributed by atoms with Crippen LogP contribution >= 0.6 is 0 Å². The van der Waals surface area contributed by atoms with Gasteiger partial charge in [0.05, 0.1) is 39.0 Å². The smallest absolute Gasteiger partial charge is 0.345 e. The molecule has 13 heteroatoms. The first kappa shape index (κ1) is 42.5. The van der Waals surface area contributed by atoms with Gasteiger partial charge in [0.1, 0.15) is 17.4 Å². The van der Waals surface area contributed by atoms with Gasteiger partial charge in [0.15, 0.2) is 11.6 Å². The molecule has 0 unspecified atom stereocenters. The highest BCUT2D eigenvalue weighted by Crippen LogP contribution is 2.29. The molecule has 11 nitrogen and oxygen atoms in total. The van der Waals surface area contributed by atoms with Crippen LogP contribution in [0.3, 0.4) is 0 Å². The fourth-order valence-corrected chi connectivity index (χ4v) is 6.84. The number of nitrogens with zero attached hydrogens (tertiary/aromatic N) is 1. The Morgan fingerprint density at radius 3 is 1.86 bits per heavy atom. The lowest BCUT2D eigenvalue weighted by Crippen LogP contribution is -2.51. The summed E-state index contributed by atoms with van der Waals surface area (Å²) in [6, 6.07) is 25.0. The van der Waals surface area contributed by atoms with E-state index in [1.54, 1.807) is 31.2 Å². The number of hydrogen-bond acceptors (Lipinski definition) is 9. The Morgan fingerprint density at radius 2 is 1.29 bits per heavy atom. The molecule has 300 valence electrons. The van der Waals surface area contributed by atoms with Crippen molar-refractivity contribution < 1.29 is 47.0 Å². The van der Waals surface area contributed by atoms with Crippen molar-refractivity contribution in [1.29, 1.82) is 0 Å². The van der Waals surface area contributed by atoms with Crippen LogP contribution in [0.2, 0.25) is 0 Å². The molecule has 0 saturated carbocycles. The zero-order chi connectivity index (χ0) is 39.9. The Morgan fingerprint density at radius 1 is 0.750 bits per heavy atom. The number of aryl methyl sites for hydroxylation is 1. The van der Waals surface area contributed by atoms with Gasteiger partial charge in [-0.05, 0) is 49.3 Å². The van der Waals surface area contributed by atoms with Gasteiger partial charge >= 0.3 is 6.61 Å². The van der Waals surface area contributed by atoms with Crippen molar-refractivity contribution in [1.82, 2.24) is 15.5 Å². The maximum absolute atomic E-state index is 14.1. The van der Waals surface area contributed by atoms with Gasteiger partial charge in [0.25, 0.3) is 0 Å². The molecule has 5 rings (SSSR count). The number of carbonyl (C=O) groups excluding carboxylic acids is 5. The molecule has 2 N–H and O–H groups in total. The van der Waals surface area contributed by atoms with Crippen molar-refractivity contribution in [3.05, 3.63) is 108 Å². The monoisotopic (exact) mass is 775 g/mol. The molecule has 2 heterocycles. The molecular weight excluding hydrogens is 724 g/mol. The number of Topliss-reactive ketones (excluding diaryl/α,β-unsaturated/α-hetero) is 3. The summed E-state index contributed by atoms with van der Waals surface area (Å²) in [5.41, 5.74) is 1.44. The third-order valence-electron chi connectivity index (χ3n) is 10.2. The Bertz CT molecular complexity index is 1740. The van der Waals surface area contributed by atoms with Gasteiger partial charge in [-0.15, -0.1) is 0 Å². The number of benzene rings is 3. The summed E-state index contributed by atoms with van der Waals surface area (Å²) >= 11 is 0. The average Bonchev–Trinajstić information content (AvgIpc) is 3.96. The van der Waals surface area contributed by atoms with Crippen molar-refractivity contribution in [2.45, 2.75) is 69.7 Å². The number of morpholine rings is 1. The molecule has 3 aromatic rings. The predicted octanol–water partition coefficient (Wildman–Crippen LogP) is 4.15. The number of alkyl halides is 2. The number of nitrogens with one attached hydrogen (secondary N) is 2. The molecule has 56 heavy (non-hydrogen) atoms. The Kier molecular flexibility index (Phi) is 15.9. The molecule has 5 atom stereocenters. The van der Waals surface area contributed by atoms with E-state index in [-0.39, 0.29) is 50.4 Å². The highest BCUT2D eigenvalue weighted by atomic mass is 19.3. The van der Waals surface area contributed by atoms with Crippen LogP contribution < -0.4 is 10.6 Å². The summed E-state index contributed by atoms with van der Waals surface area (Å²) < 4.78 is 42.2. The van der Waals surface area contributed by atoms with E-state index in [4.69, 9.17) is 9.47 Å². The van der Waals surface area contributed by atoms with Gasteiger partial charge in [0, 0.05) is 37.8 Å². The zero-order valence-corrected chi connectivity index (χ0v) is 31.7. The minimum atomic E-state index is -3.23. The van der Waals surface area contributed by atoms with Crippen LogP contribution in [0.15, 0.2) is 91.0 Å². The second-order valence-corrected chi connectivity index (χ2v) is 14.7. The van der Waals surface area contributed by atoms with Crippen molar-refractivity contribution >= 4 is 29.2 Å². The second kappa shape index (κ2) is 21.0. The molecule has 3 aromatic carbocycles. The quantitative estimate of drug-likeness (QED) is 0.136. The number of ketones is 3. The fourth-order valence-electron chi connectivity index (χ4n) is 6.84. The third kappa shape index (κ3) is 13.5. The van der Waals surface area contributed by atoms with Crippen LogP contribution in [0.1, 0.15) is 42.9 Å². The number of epoxide rings is 1. The van der Waals surface area contributed by atoms with Crippen LogP contribution in [0, 0.1) is 11.8 Å². The molecule has 0 spiro atoms. The number of carbonyl (C=O) groups is 5. The average molecular weight is 776 g/mol. The Labute approximate surface area is 326 Å². The molecular formula is C43H51F2N3O8. The van der Waals surface area contributed by atoms with Gasteiger partial charge in [-0.3, -0.25) is 28.9 Å². The number of amides is 2. The topological polar surface area (TPSA) is 144 Å². The molecule has 2 saturated heterocycles. The lowest BCUT2D eigenvalue weighted by molar-refractivity contribution is -0.148. The number of ether oxygens (including phenoxy) is 3. The maximum atomic E-state index is 14.1. The zero-order valence-electron chi connectivity index (χ0n) is 31.7. The highest BCUT2D eigenvalue weighted by Gasteiger charge is 2.50.